The highest BCUT2D eigenvalue weighted by Crippen LogP contribution is 2.22. The molecule has 1 aromatic carbocycles. The topological polar surface area (TPSA) is 46.6 Å². The van der Waals surface area contributed by atoms with E-state index in [1.807, 2.05) is 12.1 Å². The molecular weight excluding hydrogens is 330 g/mol. The Bertz CT molecular complexity index is 583. The molecule has 0 bridgehead atoms. The van der Waals surface area contributed by atoms with Gasteiger partial charge in [0.15, 0.2) is 0 Å². The van der Waals surface area contributed by atoms with E-state index in [2.05, 4.69) is 15.9 Å². The maximum Gasteiger partial charge on any atom is 0.243 e. The van der Waals surface area contributed by atoms with E-state index in [1.54, 1.807) is 25.3 Å². The van der Waals surface area contributed by atoms with Crippen LogP contribution in [0.3, 0.4) is 0 Å². The molecule has 1 aromatic rings. The van der Waals surface area contributed by atoms with E-state index in [4.69, 9.17) is 4.74 Å². The van der Waals surface area contributed by atoms with Crippen LogP contribution in [0.5, 0.6) is 0 Å². The lowest BCUT2D eigenvalue weighted by atomic mass is 10.1. The molecule has 1 heterocycles. The van der Waals surface area contributed by atoms with Gasteiger partial charge in [-0.3, -0.25) is 0 Å². The fourth-order valence-electron chi connectivity index (χ4n) is 2.00. The second-order valence-corrected chi connectivity index (χ2v) is 7.22. The molecule has 0 saturated carbocycles. The fourth-order valence-corrected chi connectivity index (χ4v) is 3.98. The van der Waals surface area contributed by atoms with E-state index in [9.17, 15) is 8.42 Å². The predicted molar refractivity (Wildman–Crippen MR) is 77.5 cm³/mol. The van der Waals surface area contributed by atoms with Gasteiger partial charge in [0, 0.05) is 24.7 Å². The van der Waals surface area contributed by atoms with Crippen LogP contribution in [0.15, 0.2) is 45.3 Å². The third-order valence-electron chi connectivity index (χ3n) is 3.03. The maximum absolute atomic E-state index is 12.4. The van der Waals surface area contributed by atoms with E-state index in [0.29, 0.717) is 24.6 Å². The number of hydrogen-bond acceptors (Lipinski definition) is 3. The number of hydrogen-bond donors (Lipinski definition) is 0. The Labute approximate surface area is 122 Å². The second-order valence-electron chi connectivity index (χ2n) is 4.37. The van der Waals surface area contributed by atoms with Crippen LogP contribution in [0, 0.1) is 0 Å². The normalized spacial score (nSPS) is 17.3. The van der Waals surface area contributed by atoms with Crippen molar-refractivity contribution < 1.29 is 13.2 Å². The van der Waals surface area contributed by atoms with Gasteiger partial charge in [0.2, 0.25) is 10.0 Å². The Morgan fingerprint density at radius 3 is 2.79 bits per heavy atom. The minimum Gasteiger partial charge on any atom is -0.380 e. The van der Waals surface area contributed by atoms with E-state index in [-0.39, 0.29) is 0 Å². The summed E-state index contributed by atoms with van der Waals surface area (Å²) >= 11 is 3.30. The number of ether oxygens (including phenoxy) is 1. The zero-order valence-electron chi connectivity index (χ0n) is 10.7. The molecule has 0 aromatic heterocycles. The first-order chi connectivity index (χ1) is 9.04. The summed E-state index contributed by atoms with van der Waals surface area (Å²) in [5.41, 5.74) is 1.16. The summed E-state index contributed by atoms with van der Waals surface area (Å²) in [6.45, 7) is 1.49. The van der Waals surface area contributed by atoms with Gasteiger partial charge in [-0.2, -0.15) is 4.31 Å². The van der Waals surface area contributed by atoms with E-state index in [0.717, 1.165) is 16.5 Å². The predicted octanol–water partition coefficient (Wildman–Crippen LogP) is 2.42. The third-order valence-corrected chi connectivity index (χ3v) is 5.38. The Morgan fingerprint density at radius 1 is 1.42 bits per heavy atom. The maximum atomic E-state index is 12.4. The van der Waals surface area contributed by atoms with Crippen molar-refractivity contribution in [3.05, 3.63) is 40.4 Å². The molecule has 0 spiro atoms. The Balaban J connectivity index is 2.18. The minimum absolute atomic E-state index is 0.325. The lowest BCUT2D eigenvalue weighted by Gasteiger charge is -2.25. The quantitative estimate of drug-likeness (QED) is 0.787. The first kappa shape index (κ1) is 14.7. The lowest BCUT2D eigenvalue weighted by molar-refractivity contribution is 0.219. The van der Waals surface area contributed by atoms with Crippen molar-refractivity contribution in [2.45, 2.75) is 11.3 Å². The fraction of sp³-hybridized carbons (Fsp3) is 0.385. The van der Waals surface area contributed by atoms with Gasteiger partial charge in [-0.05, 0) is 30.2 Å². The molecule has 0 radical (unpaired) electrons. The van der Waals surface area contributed by atoms with Crippen LogP contribution < -0.4 is 0 Å². The van der Waals surface area contributed by atoms with Crippen molar-refractivity contribution in [1.29, 1.82) is 0 Å². The van der Waals surface area contributed by atoms with Crippen molar-refractivity contribution >= 4 is 26.0 Å². The third kappa shape index (κ3) is 3.45. The Kier molecular flexibility index (Phi) is 4.78. The highest BCUT2D eigenvalue weighted by atomic mass is 79.9. The number of benzene rings is 1. The van der Waals surface area contributed by atoms with Crippen molar-refractivity contribution in [2.24, 2.45) is 0 Å². The monoisotopic (exact) mass is 345 g/mol. The molecule has 19 heavy (non-hydrogen) atoms. The number of nitrogens with zero attached hydrogens (tertiary/aromatic N) is 1. The van der Waals surface area contributed by atoms with Gasteiger partial charge < -0.3 is 4.74 Å². The molecule has 0 atom stereocenters. The van der Waals surface area contributed by atoms with Gasteiger partial charge in [-0.1, -0.05) is 28.1 Å². The number of sulfonamides is 1. The van der Waals surface area contributed by atoms with Crippen LogP contribution in [0.4, 0.5) is 0 Å². The standard InChI is InChI=1S/C13H16BrNO3S/c1-18-10-11-5-7-15(8-6-11)19(16,17)13-4-2-3-12(14)9-13/h2-5,9H,6-8,10H2,1H3. The largest absolute Gasteiger partial charge is 0.380 e. The Morgan fingerprint density at radius 2 is 2.21 bits per heavy atom. The summed E-state index contributed by atoms with van der Waals surface area (Å²) in [6, 6.07) is 6.79. The average Bonchev–Trinajstić information content (AvgIpc) is 2.40. The molecule has 0 amide bonds. The first-order valence-electron chi connectivity index (χ1n) is 5.96. The van der Waals surface area contributed by atoms with E-state index in [1.165, 1.54) is 4.31 Å². The summed E-state index contributed by atoms with van der Waals surface area (Å²) in [6.07, 6.45) is 2.66. The van der Waals surface area contributed by atoms with Gasteiger partial charge in [-0.25, -0.2) is 8.42 Å². The molecule has 4 nitrogen and oxygen atoms in total. The molecular formula is C13H16BrNO3S. The zero-order valence-corrected chi connectivity index (χ0v) is 13.1. The first-order valence-corrected chi connectivity index (χ1v) is 8.20. The van der Waals surface area contributed by atoms with Crippen LogP contribution >= 0.6 is 15.9 Å². The summed E-state index contributed by atoms with van der Waals surface area (Å²) in [5, 5.41) is 0. The molecule has 1 aliphatic heterocycles. The van der Waals surface area contributed by atoms with Gasteiger partial charge >= 0.3 is 0 Å². The minimum atomic E-state index is -3.40. The highest BCUT2D eigenvalue weighted by molar-refractivity contribution is 9.10. The van der Waals surface area contributed by atoms with E-state index >= 15 is 0 Å². The van der Waals surface area contributed by atoms with Gasteiger partial charge in [0.1, 0.15) is 0 Å². The van der Waals surface area contributed by atoms with Crippen molar-refractivity contribution in [1.82, 2.24) is 4.31 Å². The smallest absolute Gasteiger partial charge is 0.243 e. The van der Waals surface area contributed by atoms with E-state index < -0.39 is 10.0 Å². The highest BCUT2D eigenvalue weighted by Gasteiger charge is 2.25. The number of methoxy groups -OCH3 is 1. The molecule has 104 valence electrons. The molecule has 1 aliphatic rings. The van der Waals surface area contributed by atoms with Crippen LogP contribution in [0.25, 0.3) is 0 Å². The van der Waals surface area contributed by atoms with Crippen molar-refractivity contribution in [3.63, 3.8) is 0 Å². The zero-order chi connectivity index (χ0) is 13.9. The van der Waals surface area contributed by atoms with Gasteiger partial charge in [-0.15, -0.1) is 0 Å². The molecule has 0 saturated heterocycles. The van der Waals surface area contributed by atoms with Crippen LogP contribution in [0.1, 0.15) is 6.42 Å². The second kappa shape index (κ2) is 6.17. The van der Waals surface area contributed by atoms with Crippen molar-refractivity contribution in [2.75, 3.05) is 26.8 Å². The van der Waals surface area contributed by atoms with Gasteiger partial charge in [0.25, 0.3) is 0 Å². The molecule has 2 rings (SSSR count). The summed E-state index contributed by atoms with van der Waals surface area (Å²) in [7, 11) is -1.76. The van der Waals surface area contributed by atoms with Crippen LogP contribution in [-0.4, -0.2) is 39.5 Å². The lowest BCUT2D eigenvalue weighted by Crippen LogP contribution is -2.35. The summed E-state index contributed by atoms with van der Waals surface area (Å²) < 4.78 is 32.2. The molecule has 0 N–H and O–H groups in total. The SMILES string of the molecule is COCC1=CCN(S(=O)(=O)c2cccc(Br)c2)CC1. The number of rotatable bonds is 4. The number of halogens is 1. The Hall–Kier alpha value is -0.690. The van der Waals surface area contributed by atoms with Crippen LogP contribution in [0.2, 0.25) is 0 Å². The summed E-state index contributed by atoms with van der Waals surface area (Å²) in [4.78, 5) is 0.325. The summed E-state index contributed by atoms with van der Waals surface area (Å²) in [5.74, 6) is 0. The molecule has 0 aliphatic carbocycles. The van der Waals surface area contributed by atoms with Crippen molar-refractivity contribution in [3.8, 4) is 0 Å². The van der Waals surface area contributed by atoms with Crippen LogP contribution in [-0.2, 0) is 14.8 Å². The molecule has 6 heteroatoms. The molecule has 0 fully saturated rings. The van der Waals surface area contributed by atoms with Gasteiger partial charge in [0.05, 0.1) is 11.5 Å². The molecule has 0 unspecified atom stereocenters. The average molecular weight is 346 g/mol.